The molecule has 1 saturated heterocycles. The summed E-state index contributed by atoms with van der Waals surface area (Å²) < 4.78 is 5.92. The van der Waals surface area contributed by atoms with E-state index in [1.54, 1.807) is 0 Å². The van der Waals surface area contributed by atoms with Crippen LogP contribution in [0.5, 0.6) is 5.75 Å². The lowest BCUT2D eigenvalue weighted by Crippen LogP contribution is -2.52. The Morgan fingerprint density at radius 2 is 1.66 bits per heavy atom. The summed E-state index contributed by atoms with van der Waals surface area (Å²) in [6.07, 6.45) is -0.505. The summed E-state index contributed by atoms with van der Waals surface area (Å²) in [5.74, 6) is 0.763. The van der Waals surface area contributed by atoms with E-state index in [4.69, 9.17) is 16.3 Å². The molecule has 0 aromatic heterocycles. The Morgan fingerprint density at radius 1 is 1.03 bits per heavy atom. The molecule has 4 nitrogen and oxygen atoms in total. The van der Waals surface area contributed by atoms with Gasteiger partial charge in [0.05, 0.1) is 0 Å². The molecule has 0 spiro atoms. The van der Waals surface area contributed by atoms with Crippen molar-refractivity contribution in [1.82, 2.24) is 4.90 Å². The highest BCUT2D eigenvalue weighted by Crippen LogP contribution is 2.26. The third-order valence-electron chi connectivity index (χ3n) is 5.48. The van der Waals surface area contributed by atoms with Gasteiger partial charge >= 0.3 is 0 Å². The molecule has 1 heterocycles. The summed E-state index contributed by atoms with van der Waals surface area (Å²) in [6.45, 7) is 13.4. The summed E-state index contributed by atoms with van der Waals surface area (Å²) in [6, 6.07) is 14.0. The molecular weight excluding hydrogens is 384 g/mol. The first kappa shape index (κ1) is 21.5. The molecule has 0 bridgehead atoms. The highest BCUT2D eigenvalue weighted by molar-refractivity contribution is 6.30. The van der Waals surface area contributed by atoms with Gasteiger partial charge in [0.25, 0.3) is 5.91 Å². The van der Waals surface area contributed by atoms with E-state index in [1.807, 2.05) is 42.2 Å². The first-order valence-electron chi connectivity index (χ1n) is 10.2. The molecule has 2 aromatic carbocycles. The lowest BCUT2D eigenvalue weighted by molar-refractivity contribution is -0.138. The predicted octanol–water partition coefficient (Wildman–Crippen LogP) is 5.06. The maximum absolute atomic E-state index is 12.9. The number of carbonyl (C=O) groups excluding carboxylic acids is 1. The van der Waals surface area contributed by atoms with E-state index >= 15 is 0 Å². The molecule has 0 saturated carbocycles. The summed E-state index contributed by atoms with van der Waals surface area (Å²) in [7, 11) is 0. The normalized spacial score (nSPS) is 15.9. The number of rotatable bonds is 4. The van der Waals surface area contributed by atoms with Crippen molar-refractivity contribution in [3.05, 3.63) is 58.6 Å². The molecule has 0 N–H and O–H groups in total. The Bertz CT molecular complexity index is 850. The van der Waals surface area contributed by atoms with Crippen LogP contribution in [0.15, 0.2) is 42.5 Å². The van der Waals surface area contributed by atoms with Gasteiger partial charge in [-0.2, -0.15) is 0 Å². The first-order chi connectivity index (χ1) is 13.6. The van der Waals surface area contributed by atoms with Crippen molar-refractivity contribution in [2.24, 2.45) is 0 Å². The van der Waals surface area contributed by atoms with Crippen LogP contribution in [0.25, 0.3) is 0 Å². The van der Waals surface area contributed by atoms with E-state index in [0.29, 0.717) is 13.1 Å². The molecule has 0 unspecified atom stereocenters. The van der Waals surface area contributed by atoms with Gasteiger partial charge < -0.3 is 14.5 Å². The summed E-state index contributed by atoms with van der Waals surface area (Å²) in [5.41, 5.74) is 3.69. The van der Waals surface area contributed by atoms with Crippen molar-refractivity contribution in [1.29, 1.82) is 0 Å². The Morgan fingerprint density at radius 3 is 2.24 bits per heavy atom. The van der Waals surface area contributed by atoms with Gasteiger partial charge in [-0.3, -0.25) is 4.79 Å². The minimum Gasteiger partial charge on any atom is -0.481 e. The molecule has 156 valence electrons. The number of hydrogen-bond acceptors (Lipinski definition) is 3. The van der Waals surface area contributed by atoms with Gasteiger partial charge in [0.1, 0.15) is 5.75 Å². The highest BCUT2D eigenvalue weighted by atomic mass is 35.5. The van der Waals surface area contributed by atoms with E-state index in [-0.39, 0.29) is 11.3 Å². The molecule has 1 fully saturated rings. The van der Waals surface area contributed by atoms with E-state index < -0.39 is 6.10 Å². The molecule has 2 aromatic rings. The van der Waals surface area contributed by atoms with Crippen LogP contribution < -0.4 is 9.64 Å². The standard InChI is InChI=1S/C24H31ClN2O2/c1-17-6-9-20(25)16-22(17)26-12-14-27(15-13-26)23(28)18(2)29-21-10-7-19(8-11-21)24(3,4)5/h6-11,16,18H,12-15H2,1-5H3/t18-/m0/s1. The summed E-state index contributed by atoms with van der Waals surface area (Å²) in [5, 5.41) is 0.739. The SMILES string of the molecule is Cc1ccc(Cl)cc1N1CCN(C(=O)[C@H](C)Oc2ccc(C(C)(C)C)cc2)CC1. The fourth-order valence-corrected chi connectivity index (χ4v) is 3.80. The number of amides is 1. The van der Waals surface area contributed by atoms with Gasteiger partial charge in [-0.1, -0.05) is 50.6 Å². The van der Waals surface area contributed by atoms with Gasteiger partial charge in [0, 0.05) is 36.9 Å². The second kappa shape index (κ2) is 8.66. The lowest BCUT2D eigenvalue weighted by Gasteiger charge is -2.37. The van der Waals surface area contributed by atoms with Crippen molar-refractivity contribution >= 4 is 23.2 Å². The number of aryl methyl sites for hydroxylation is 1. The number of halogens is 1. The molecule has 1 aliphatic heterocycles. The molecule has 3 rings (SSSR count). The second-order valence-electron chi connectivity index (χ2n) is 8.78. The maximum Gasteiger partial charge on any atom is 0.263 e. The smallest absolute Gasteiger partial charge is 0.263 e. The Hall–Kier alpha value is -2.20. The minimum absolute atomic E-state index is 0.0346. The van der Waals surface area contributed by atoms with Crippen molar-refractivity contribution in [2.75, 3.05) is 31.1 Å². The number of ether oxygens (including phenoxy) is 1. The maximum atomic E-state index is 12.9. The second-order valence-corrected chi connectivity index (χ2v) is 9.21. The summed E-state index contributed by atoms with van der Waals surface area (Å²) >= 11 is 6.16. The Kier molecular flexibility index (Phi) is 6.42. The average Bonchev–Trinajstić information content (AvgIpc) is 2.69. The van der Waals surface area contributed by atoms with Crippen LogP contribution in [0.1, 0.15) is 38.8 Å². The zero-order valence-corrected chi connectivity index (χ0v) is 18.8. The first-order valence-corrected chi connectivity index (χ1v) is 10.6. The average molecular weight is 415 g/mol. The third-order valence-corrected chi connectivity index (χ3v) is 5.72. The molecule has 5 heteroatoms. The quantitative estimate of drug-likeness (QED) is 0.700. The number of hydrogen-bond donors (Lipinski definition) is 0. The largest absolute Gasteiger partial charge is 0.481 e. The van der Waals surface area contributed by atoms with Gasteiger partial charge in [-0.15, -0.1) is 0 Å². The molecule has 1 atom stereocenters. The van der Waals surface area contributed by atoms with E-state index in [1.165, 1.54) is 11.1 Å². The van der Waals surface area contributed by atoms with Crippen LogP contribution >= 0.6 is 11.6 Å². The Balaban J connectivity index is 1.56. The lowest BCUT2D eigenvalue weighted by atomic mass is 9.87. The topological polar surface area (TPSA) is 32.8 Å². The van der Waals surface area contributed by atoms with Crippen LogP contribution in [-0.4, -0.2) is 43.1 Å². The molecule has 1 amide bonds. The van der Waals surface area contributed by atoms with Crippen LogP contribution in [0, 0.1) is 6.92 Å². The van der Waals surface area contributed by atoms with E-state index in [9.17, 15) is 4.79 Å². The molecule has 0 aliphatic carbocycles. The molecule has 29 heavy (non-hydrogen) atoms. The fourth-order valence-electron chi connectivity index (χ4n) is 3.64. The number of nitrogens with zero attached hydrogens (tertiary/aromatic N) is 2. The minimum atomic E-state index is -0.505. The van der Waals surface area contributed by atoms with Crippen LogP contribution in [0.4, 0.5) is 5.69 Å². The van der Waals surface area contributed by atoms with Gasteiger partial charge in [-0.25, -0.2) is 0 Å². The molecular formula is C24H31ClN2O2. The van der Waals surface area contributed by atoms with Crippen molar-refractivity contribution in [2.45, 2.75) is 46.1 Å². The Labute approximate surface area is 179 Å². The van der Waals surface area contributed by atoms with Crippen molar-refractivity contribution < 1.29 is 9.53 Å². The van der Waals surface area contributed by atoms with Crippen LogP contribution in [0.3, 0.4) is 0 Å². The monoisotopic (exact) mass is 414 g/mol. The third kappa shape index (κ3) is 5.24. The highest BCUT2D eigenvalue weighted by Gasteiger charge is 2.27. The van der Waals surface area contributed by atoms with Crippen molar-refractivity contribution in [3.8, 4) is 5.75 Å². The molecule has 0 radical (unpaired) electrons. The van der Waals surface area contributed by atoms with E-state index in [2.05, 4.69) is 44.7 Å². The fraction of sp³-hybridized carbons (Fsp3) is 0.458. The van der Waals surface area contributed by atoms with Crippen LogP contribution in [0.2, 0.25) is 5.02 Å². The van der Waals surface area contributed by atoms with Crippen LogP contribution in [-0.2, 0) is 10.2 Å². The van der Waals surface area contributed by atoms with E-state index in [0.717, 1.165) is 29.5 Å². The number of benzene rings is 2. The van der Waals surface area contributed by atoms with Gasteiger partial charge in [0.2, 0.25) is 0 Å². The predicted molar refractivity (Wildman–Crippen MR) is 120 cm³/mol. The van der Waals surface area contributed by atoms with Crippen molar-refractivity contribution in [3.63, 3.8) is 0 Å². The number of carbonyl (C=O) groups is 1. The zero-order valence-electron chi connectivity index (χ0n) is 18.0. The number of anilines is 1. The molecule has 1 aliphatic rings. The van der Waals surface area contributed by atoms with Gasteiger partial charge in [-0.05, 0) is 54.7 Å². The summed E-state index contributed by atoms with van der Waals surface area (Å²) in [4.78, 5) is 17.0. The number of piperazine rings is 1. The van der Waals surface area contributed by atoms with Gasteiger partial charge in [0.15, 0.2) is 6.10 Å². The zero-order chi connectivity index (χ0) is 21.2.